The predicted molar refractivity (Wildman–Crippen MR) is 62.7 cm³/mol. The molecule has 0 atom stereocenters. The molecule has 0 spiro atoms. The number of amides is 1. The highest BCUT2D eigenvalue weighted by Gasteiger charge is 2.33. The van der Waals surface area contributed by atoms with Crippen LogP contribution in [0.15, 0.2) is 22.8 Å². The third kappa shape index (κ3) is 2.40. The maximum atomic E-state index is 11.9. The van der Waals surface area contributed by atoms with Crippen LogP contribution in [-0.2, 0) is 0 Å². The van der Waals surface area contributed by atoms with E-state index < -0.39 is 0 Å². The van der Waals surface area contributed by atoms with Gasteiger partial charge in [-0.25, -0.2) is 0 Å². The fourth-order valence-electron chi connectivity index (χ4n) is 2.23. The zero-order valence-electron chi connectivity index (χ0n) is 9.17. The molecular weight excluding hydrogens is 226 g/mol. The van der Waals surface area contributed by atoms with Gasteiger partial charge in [-0.2, -0.15) is 0 Å². The van der Waals surface area contributed by atoms with Crippen molar-refractivity contribution in [1.29, 1.82) is 0 Å². The Morgan fingerprint density at radius 1 is 1.44 bits per heavy atom. The van der Waals surface area contributed by atoms with Crippen LogP contribution in [-0.4, -0.2) is 17.3 Å². The van der Waals surface area contributed by atoms with E-state index in [1.165, 1.54) is 12.7 Å². The van der Waals surface area contributed by atoms with Crippen molar-refractivity contribution in [3.63, 3.8) is 0 Å². The molecule has 0 radical (unpaired) electrons. The Bertz CT molecular complexity index is 342. The predicted octanol–water partition coefficient (Wildman–Crippen LogP) is 2.95. The first-order valence-corrected chi connectivity index (χ1v) is 6.21. The van der Waals surface area contributed by atoms with E-state index in [0.29, 0.717) is 11.6 Å². The molecule has 2 rings (SSSR count). The second kappa shape index (κ2) is 4.91. The van der Waals surface area contributed by atoms with Crippen molar-refractivity contribution >= 4 is 17.5 Å². The maximum absolute atomic E-state index is 11.9. The molecule has 0 aliphatic heterocycles. The average molecular weight is 242 g/mol. The Kier molecular flexibility index (Phi) is 3.54. The van der Waals surface area contributed by atoms with Gasteiger partial charge >= 0.3 is 0 Å². The molecule has 1 aliphatic rings. The molecular formula is C12H16ClNO2. The van der Waals surface area contributed by atoms with Crippen LogP contribution in [0.4, 0.5) is 0 Å². The number of alkyl halides is 1. The fourth-order valence-corrected chi connectivity index (χ4v) is 2.56. The number of carbonyl (C=O) groups excluding carboxylic acids is 1. The molecule has 1 N–H and O–H groups in total. The SMILES string of the molecule is O=C(NC1(CCl)CCCCC1)c1ccco1. The van der Waals surface area contributed by atoms with Gasteiger partial charge < -0.3 is 9.73 Å². The van der Waals surface area contributed by atoms with E-state index in [9.17, 15) is 4.79 Å². The second-order valence-corrected chi connectivity index (χ2v) is 4.67. The van der Waals surface area contributed by atoms with Crippen LogP contribution >= 0.6 is 11.6 Å². The Balaban J connectivity index is 2.03. The Morgan fingerprint density at radius 3 is 2.75 bits per heavy atom. The third-order valence-electron chi connectivity index (χ3n) is 3.19. The summed E-state index contributed by atoms with van der Waals surface area (Å²) in [5.74, 6) is 0.669. The van der Waals surface area contributed by atoms with Crippen LogP contribution in [0.25, 0.3) is 0 Å². The van der Waals surface area contributed by atoms with Gasteiger partial charge in [-0.1, -0.05) is 19.3 Å². The minimum Gasteiger partial charge on any atom is -0.459 e. The zero-order chi connectivity index (χ0) is 11.4. The molecule has 1 aromatic rings. The lowest BCUT2D eigenvalue weighted by molar-refractivity contribution is 0.0856. The summed E-state index contributed by atoms with van der Waals surface area (Å²) in [6.45, 7) is 0. The molecule has 88 valence electrons. The van der Waals surface area contributed by atoms with E-state index in [1.54, 1.807) is 12.1 Å². The quantitative estimate of drug-likeness (QED) is 0.827. The van der Waals surface area contributed by atoms with Gasteiger partial charge in [0.25, 0.3) is 5.91 Å². The highest BCUT2D eigenvalue weighted by Crippen LogP contribution is 2.29. The van der Waals surface area contributed by atoms with E-state index in [-0.39, 0.29) is 11.4 Å². The van der Waals surface area contributed by atoms with Crippen molar-refractivity contribution in [2.45, 2.75) is 37.6 Å². The van der Waals surface area contributed by atoms with Crippen molar-refractivity contribution in [1.82, 2.24) is 5.32 Å². The number of nitrogens with one attached hydrogen (secondary N) is 1. The summed E-state index contributed by atoms with van der Waals surface area (Å²) in [5, 5.41) is 3.02. The second-order valence-electron chi connectivity index (χ2n) is 4.41. The molecule has 0 saturated heterocycles. The number of hydrogen-bond acceptors (Lipinski definition) is 2. The number of furan rings is 1. The molecule has 1 fully saturated rings. The van der Waals surface area contributed by atoms with Crippen LogP contribution in [0.2, 0.25) is 0 Å². The van der Waals surface area contributed by atoms with Crippen molar-refractivity contribution < 1.29 is 9.21 Å². The van der Waals surface area contributed by atoms with Crippen molar-refractivity contribution in [3.8, 4) is 0 Å². The normalized spacial score (nSPS) is 19.3. The standard InChI is InChI=1S/C12H16ClNO2/c13-9-12(6-2-1-3-7-12)14-11(15)10-5-4-8-16-10/h4-5,8H,1-3,6-7,9H2,(H,14,15). The monoisotopic (exact) mass is 241 g/mol. The first kappa shape index (κ1) is 11.5. The average Bonchev–Trinajstić information content (AvgIpc) is 2.84. The summed E-state index contributed by atoms with van der Waals surface area (Å²) < 4.78 is 5.07. The molecule has 1 aromatic heterocycles. The van der Waals surface area contributed by atoms with Gasteiger partial charge in [0.05, 0.1) is 11.8 Å². The number of carbonyl (C=O) groups is 1. The minimum atomic E-state index is -0.232. The summed E-state index contributed by atoms with van der Waals surface area (Å²) in [7, 11) is 0. The zero-order valence-corrected chi connectivity index (χ0v) is 9.93. The van der Waals surface area contributed by atoms with Crippen molar-refractivity contribution in [2.24, 2.45) is 0 Å². The van der Waals surface area contributed by atoms with Gasteiger partial charge in [0.1, 0.15) is 0 Å². The molecule has 3 nitrogen and oxygen atoms in total. The lowest BCUT2D eigenvalue weighted by Gasteiger charge is -2.36. The van der Waals surface area contributed by atoms with E-state index in [0.717, 1.165) is 25.7 Å². The van der Waals surface area contributed by atoms with E-state index in [4.69, 9.17) is 16.0 Å². The van der Waals surface area contributed by atoms with Crippen LogP contribution < -0.4 is 5.32 Å². The first-order chi connectivity index (χ1) is 7.76. The Morgan fingerprint density at radius 2 is 2.19 bits per heavy atom. The molecule has 1 saturated carbocycles. The molecule has 4 heteroatoms. The van der Waals surface area contributed by atoms with E-state index in [2.05, 4.69) is 5.32 Å². The van der Waals surface area contributed by atoms with Crippen LogP contribution in [0.3, 0.4) is 0 Å². The largest absolute Gasteiger partial charge is 0.459 e. The summed E-state index contributed by atoms with van der Waals surface area (Å²) in [6, 6.07) is 3.38. The lowest BCUT2D eigenvalue weighted by atomic mass is 9.83. The number of hydrogen-bond donors (Lipinski definition) is 1. The number of rotatable bonds is 3. The molecule has 1 aliphatic carbocycles. The highest BCUT2D eigenvalue weighted by molar-refractivity contribution is 6.18. The van der Waals surface area contributed by atoms with Crippen LogP contribution in [0, 0.1) is 0 Å². The first-order valence-electron chi connectivity index (χ1n) is 5.68. The molecule has 16 heavy (non-hydrogen) atoms. The molecule has 0 aromatic carbocycles. The molecule has 0 unspecified atom stereocenters. The smallest absolute Gasteiger partial charge is 0.287 e. The van der Waals surface area contributed by atoms with Gasteiger partial charge in [0, 0.05) is 5.88 Å². The van der Waals surface area contributed by atoms with Crippen molar-refractivity contribution in [3.05, 3.63) is 24.2 Å². The Labute approximate surface area is 100 Å². The maximum Gasteiger partial charge on any atom is 0.287 e. The Hall–Kier alpha value is -0.960. The summed E-state index contributed by atoms with van der Waals surface area (Å²) >= 11 is 6.00. The van der Waals surface area contributed by atoms with Crippen LogP contribution in [0.1, 0.15) is 42.7 Å². The van der Waals surface area contributed by atoms with Gasteiger partial charge in [-0.05, 0) is 25.0 Å². The topological polar surface area (TPSA) is 42.2 Å². The van der Waals surface area contributed by atoms with Gasteiger partial charge in [0.15, 0.2) is 5.76 Å². The van der Waals surface area contributed by atoms with Crippen molar-refractivity contribution in [2.75, 3.05) is 5.88 Å². The summed E-state index contributed by atoms with van der Waals surface area (Å²) in [5.41, 5.74) is -0.232. The van der Waals surface area contributed by atoms with E-state index in [1.807, 2.05) is 0 Å². The minimum absolute atomic E-state index is 0.160. The van der Waals surface area contributed by atoms with E-state index >= 15 is 0 Å². The molecule has 0 bridgehead atoms. The molecule has 1 amide bonds. The third-order valence-corrected chi connectivity index (χ3v) is 3.70. The van der Waals surface area contributed by atoms with Crippen LogP contribution in [0.5, 0.6) is 0 Å². The summed E-state index contributed by atoms with van der Waals surface area (Å²) in [6.07, 6.45) is 6.92. The molecule has 1 heterocycles. The van der Waals surface area contributed by atoms with Gasteiger partial charge in [-0.3, -0.25) is 4.79 Å². The lowest BCUT2D eigenvalue weighted by Crippen LogP contribution is -2.51. The fraction of sp³-hybridized carbons (Fsp3) is 0.583. The number of halogens is 1. The highest BCUT2D eigenvalue weighted by atomic mass is 35.5. The van der Waals surface area contributed by atoms with Gasteiger partial charge in [-0.15, -0.1) is 11.6 Å². The van der Waals surface area contributed by atoms with Gasteiger partial charge in [0.2, 0.25) is 0 Å². The summed E-state index contributed by atoms with van der Waals surface area (Å²) in [4.78, 5) is 11.9.